The first-order chi connectivity index (χ1) is 10.7. The van der Waals surface area contributed by atoms with Crippen LogP contribution >= 0.6 is 11.6 Å². The number of hydrogen-bond acceptors (Lipinski definition) is 4. The Morgan fingerprint density at radius 2 is 2.14 bits per heavy atom. The van der Waals surface area contributed by atoms with Gasteiger partial charge in [0.25, 0.3) is 0 Å². The average Bonchev–Trinajstić information content (AvgIpc) is 2.98. The van der Waals surface area contributed by atoms with Crippen LogP contribution in [0.2, 0.25) is 0 Å². The van der Waals surface area contributed by atoms with Gasteiger partial charge in [-0.2, -0.15) is 0 Å². The van der Waals surface area contributed by atoms with Gasteiger partial charge in [-0.15, -0.1) is 11.6 Å². The molecule has 3 aromatic rings. The Balaban J connectivity index is 2.03. The monoisotopic (exact) mass is 316 g/mol. The summed E-state index contributed by atoms with van der Waals surface area (Å²) in [4.78, 5) is 15.9. The summed E-state index contributed by atoms with van der Waals surface area (Å²) < 4.78 is 11.0. The van der Waals surface area contributed by atoms with E-state index in [1.54, 1.807) is 12.1 Å². The number of nitrogens with zero attached hydrogens (tertiary/aromatic N) is 1. The standard InChI is InChI=1S/C16H13ClN2O3/c1-21-13-7-6-10(8-12(13)18-15(20)9-17)16-19-11-4-2-3-5-14(11)22-16/h2-8H,9H2,1H3,(H,18,20). The number of benzene rings is 2. The molecule has 0 saturated carbocycles. The van der Waals surface area contributed by atoms with Gasteiger partial charge in [-0.05, 0) is 30.3 Å². The molecular weight excluding hydrogens is 304 g/mol. The van der Waals surface area contributed by atoms with E-state index in [-0.39, 0.29) is 11.8 Å². The van der Waals surface area contributed by atoms with E-state index in [9.17, 15) is 4.79 Å². The van der Waals surface area contributed by atoms with E-state index in [0.717, 1.165) is 11.1 Å². The number of hydrogen-bond donors (Lipinski definition) is 1. The number of rotatable bonds is 4. The molecule has 0 atom stereocenters. The number of nitrogens with one attached hydrogen (secondary N) is 1. The zero-order valence-electron chi connectivity index (χ0n) is 11.8. The minimum Gasteiger partial charge on any atom is -0.495 e. The van der Waals surface area contributed by atoms with Gasteiger partial charge in [-0.1, -0.05) is 12.1 Å². The van der Waals surface area contributed by atoms with Gasteiger partial charge in [0.05, 0.1) is 12.8 Å². The number of methoxy groups -OCH3 is 1. The molecular formula is C16H13ClN2O3. The first-order valence-corrected chi connectivity index (χ1v) is 7.14. The van der Waals surface area contributed by atoms with Gasteiger partial charge >= 0.3 is 0 Å². The summed E-state index contributed by atoms with van der Waals surface area (Å²) in [6, 6.07) is 12.8. The number of amides is 1. The highest BCUT2D eigenvalue weighted by Crippen LogP contribution is 2.31. The van der Waals surface area contributed by atoms with E-state index in [4.69, 9.17) is 20.8 Å². The van der Waals surface area contributed by atoms with E-state index < -0.39 is 0 Å². The molecule has 0 unspecified atom stereocenters. The Hall–Kier alpha value is -2.53. The molecule has 0 saturated heterocycles. The molecule has 1 amide bonds. The smallest absolute Gasteiger partial charge is 0.239 e. The highest BCUT2D eigenvalue weighted by Gasteiger charge is 2.12. The summed E-state index contributed by atoms with van der Waals surface area (Å²) in [5.74, 6) is 0.578. The fraction of sp³-hybridized carbons (Fsp3) is 0.125. The summed E-state index contributed by atoms with van der Waals surface area (Å²) in [7, 11) is 1.53. The lowest BCUT2D eigenvalue weighted by Crippen LogP contribution is -2.13. The number of halogens is 1. The van der Waals surface area contributed by atoms with E-state index in [2.05, 4.69) is 10.3 Å². The number of aromatic nitrogens is 1. The second kappa shape index (κ2) is 6.07. The second-order valence-corrected chi connectivity index (χ2v) is 4.85. The van der Waals surface area contributed by atoms with Crippen LogP contribution in [0.15, 0.2) is 46.9 Å². The van der Waals surface area contributed by atoms with E-state index in [1.807, 2.05) is 30.3 Å². The number of ether oxygens (including phenoxy) is 1. The van der Waals surface area contributed by atoms with E-state index >= 15 is 0 Å². The van der Waals surface area contributed by atoms with Crippen LogP contribution in [0.1, 0.15) is 0 Å². The highest BCUT2D eigenvalue weighted by molar-refractivity contribution is 6.29. The zero-order chi connectivity index (χ0) is 15.5. The van der Waals surface area contributed by atoms with Crippen molar-refractivity contribution in [3.8, 4) is 17.2 Å². The SMILES string of the molecule is COc1ccc(-c2nc3ccccc3o2)cc1NC(=O)CCl. The lowest BCUT2D eigenvalue weighted by Gasteiger charge is -2.10. The Kier molecular flexibility index (Phi) is 3.98. The summed E-state index contributed by atoms with van der Waals surface area (Å²) in [6.45, 7) is 0. The molecule has 5 nitrogen and oxygen atoms in total. The van der Waals surface area contributed by atoms with Crippen LogP contribution in [0.25, 0.3) is 22.6 Å². The van der Waals surface area contributed by atoms with Crippen molar-refractivity contribution in [1.29, 1.82) is 0 Å². The molecule has 1 heterocycles. The molecule has 1 aromatic heterocycles. The highest BCUT2D eigenvalue weighted by atomic mass is 35.5. The molecule has 112 valence electrons. The molecule has 0 fully saturated rings. The fourth-order valence-corrected chi connectivity index (χ4v) is 2.18. The van der Waals surface area contributed by atoms with Crippen LogP contribution in [0.5, 0.6) is 5.75 Å². The van der Waals surface area contributed by atoms with Crippen molar-refractivity contribution in [2.24, 2.45) is 0 Å². The van der Waals surface area contributed by atoms with Gasteiger partial charge in [-0.25, -0.2) is 4.98 Å². The number of oxazole rings is 1. The molecule has 0 aliphatic carbocycles. The maximum atomic E-state index is 11.5. The van der Waals surface area contributed by atoms with Gasteiger partial charge in [0.1, 0.15) is 17.1 Å². The van der Waals surface area contributed by atoms with Crippen LogP contribution < -0.4 is 10.1 Å². The summed E-state index contributed by atoms with van der Waals surface area (Å²) in [5, 5.41) is 2.69. The molecule has 0 radical (unpaired) electrons. The summed E-state index contributed by atoms with van der Waals surface area (Å²) in [5.41, 5.74) is 2.74. The van der Waals surface area contributed by atoms with Crippen LogP contribution in [0.3, 0.4) is 0 Å². The normalized spacial score (nSPS) is 10.6. The molecule has 3 rings (SSSR count). The largest absolute Gasteiger partial charge is 0.495 e. The van der Waals surface area contributed by atoms with Crippen LogP contribution in [-0.2, 0) is 4.79 Å². The third kappa shape index (κ3) is 2.76. The molecule has 6 heteroatoms. The zero-order valence-corrected chi connectivity index (χ0v) is 12.6. The number of alkyl halides is 1. The third-order valence-electron chi connectivity index (χ3n) is 3.14. The molecule has 0 bridgehead atoms. The molecule has 0 aliphatic rings. The molecule has 0 aliphatic heterocycles. The Bertz CT molecular complexity index is 796. The quantitative estimate of drug-likeness (QED) is 0.746. The maximum absolute atomic E-state index is 11.5. The summed E-state index contributed by atoms with van der Waals surface area (Å²) in [6.07, 6.45) is 0. The van der Waals surface area contributed by atoms with Gasteiger partial charge in [0, 0.05) is 5.56 Å². The first kappa shape index (κ1) is 14.4. The summed E-state index contributed by atoms with van der Waals surface area (Å²) >= 11 is 5.52. The van der Waals surface area contributed by atoms with Crippen molar-refractivity contribution in [3.05, 3.63) is 42.5 Å². The lowest BCUT2D eigenvalue weighted by atomic mass is 10.2. The third-order valence-corrected chi connectivity index (χ3v) is 3.38. The number of anilines is 1. The minimum atomic E-state index is -0.310. The van der Waals surface area contributed by atoms with Crippen molar-refractivity contribution in [1.82, 2.24) is 4.98 Å². The lowest BCUT2D eigenvalue weighted by molar-refractivity contribution is -0.113. The molecule has 2 aromatic carbocycles. The van der Waals surface area contributed by atoms with Crippen LogP contribution in [0, 0.1) is 0 Å². The Morgan fingerprint density at radius 3 is 2.86 bits per heavy atom. The topological polar surface area (TPSA) is 64.4 Å². The molecule has 0 spiro atoms. The number of para-hydroxylation sites is 2. The molecule has 22 heavy (non-hydrogen) atoms. The van der Waals surface area contributed by atoms with E-state index in [0.29, 0.717) is 22.9 Å². The van der Waals surface area contributed by atoms with Gasteiger partial charge in [0.15, 0.2) is 5.58 Å². The van der Waals surface area contributed by atoms with Gasteiger partial charge in [0.2, 0.25) is 11.8 Å². The van der Waals surface area contributed by atoms with Crippen LogP contribution in [-0.4, -0.2) is 23.9 Å². The molecule has 1 N–H and O–H groups in total. The first-order valence-electron chi connectivity index (χ1n) is 6.61. The number of carbonyl (C=O) groups excluding carboxylic acids is 1. The predicted octanol–water partition coefficient (Wildman–Crippen LogP) is 3.68. The Labute approximate surface area is 131 Å². The number of fused-ring (bicyclic) bond motifs is 1. The average molecular weight is 317 g/mol. The van der Waals surface area contributed by atoms with Gasteiger partial charge in [-0.3, -0.25) is 4.79 Å². The van der Waals surface area contributed by atoms with Crippen molar-refractivity contribution in [2.75, 3.05) is 18.3 Å². The second-order valence-electron chi connectivity index (χ2n) is 4.58. The maximum Gasteiger partial charge on any atom is 0.239 e. The van der Waals surface area contributed by atoms with Crippen molar-refractivity contribution < 1.29 is 13.9 Å². The van der Waals surface area contributed by atoms with E-state index in [1.165, 1.54) is 7.11 Å². The fourth-order valence-electron chi connectivity index (χ4n) is 2.12. The minimum absolute atomic E-state index is 0.129. The van der Waals surface area contributed by atoms with Crippen LogP contribution in [0.4, 0.5) is 5.69 Å². The van der Waals surface area contributed by atoms with Gasteiger partial charge < -0.3 is 14.5 Å². The Morgan fingerprint density at radius 1 is 1.32 bits per heavy atom. The predicted molar refractivity (Wildman–Crippen MR) is 85.3 cm³/mol. The van der Waals surface area contributed by atoms with Crippen molar-refractivity contribution in [2.45, 2.75) is 0 Å². The van der Waals surface area contributed by atoms with Crippen molar-refractivity contribution >= 4 is 34.3 Å². The number of carbonyl (C=O) groups is 1. The van der Waals surface area contributed by atoms with Crippen molar-refractivity contribution in [3.63, 3.8) is 0 Å².